The summed E-state index contributed by atoms with van der Waals surface area (Å²) in [5.41, 5.74) is 2.33. The van der Waals surface area contributed by atoms with Crippen LogP contribution in [0.3, 0.4) is 0 Å². The van der Waals surface area contributed by atoms with E-state index in [1.807, 2.05) is 12.1 Å². The van der Waals surface area contributed by atoms with Gasteiger partial charge < -0.3 is 5.32 Å². The molecule has 0 bridgehead atoms. The van der Waals surface area contributed by atoms with Crippen LogP contribution in [-0.4, -0.2) is 50.2 Å². The Morgan fingerprint density at radius 2 is 1.78 bits per heavy atom. The number of anilines is 1. The molecule has 1 saturated heterocycles. The van der Waals surface area contributed by atoms with Crippen LogP contribution in [-0.2, 0) is 32.5 Å². The van der Waals surface area contributed by atoms with Crippen LogP contribution in [0, 0.1) is 0 Å². The summed E-state index contributed by atoms with van der Waals surface area (Å²) in [6, 6.07) is 11.5. The van der Waals surface area contributed by atoms with Gasteiger partial charge in [-0.3, -0.25) is 14.5 Å². The molecule has 1 N–H and O–H groups in total. The predicted molar refractivity (Wildman–Crippen MR) is 123 cm³/mol. The van der Waals surface area contributed by atoms with E-state index < -0.39 is 16.1 Å². The van der Waals surface area contributed by atoms with Crippen molar-refractivity contribution in [1.29, 1.82) is 0 Å². The zero-order valence-electron chi connectivity index (χ0n) is 17.9. The molecule has 1 fully saturated rings. The molecule has 0 aliphatic carbocycles. The Balaban J connectivity index is 1.48. The average molecular weight is 476 g/mol. The first-order valence-corrected chi connectivity index (χ1v) is 12.5. The van der Waals surface area contributed by atoms with E-state index in [2.05, 4.69) is 5.32 Å². The fraction of sp³-hybridized carbons (Fsp3) is 0.391. The Kier molecular flexibility index (Phi) is 6.55. The number of rotatable bonds is 6. The number of benzene rings is 2. The van der Waals surface area contributed by atoms with Crippen molar-refractivity contribution in [3.63, 3.8) is 0 Å². The number of hydrogen-bond acceptors (Lipinski definition) is 4. The second-order valence-electron chi connectivity index (χ2n) is 8.18. The number of nitrogens with one attached hydrogen (secondary N) is 1. The minimum Gasteiger partial charge on any atom is -0.354 e. The highest BCUT2D eigenvalue weighted by Crippen LogP contribution is 2.35. The van der Waals surface area contributed by atoms with Crippen molar-refractivity contribution < 1.29 is 18.0 Å². The van der Waals surface area contributed by atoms with Gasteiger partial charge in [-0.25, -0.2) is 8.42 Å². The number of carbonyl (C=O) groups is 2. The maximum Gasteiger partial charge on any atom is 0.243 e. The van der Waals surface area contributed by atoms with Gasteiger partial charge in [0.15, 0.2) is 0 Å². The lowest BCUT2D eigenvalue weighted by molar-refractivity contribution is -0.125. The maximum atomic E-state index is 12.9. The van der Waals surface area contributed by atoms with Crippen LogP contribution < -0.4 is 10.2 Å². The molecule has 170 valence electrons. The molecule has 7 nitrogen and oxygen atoms in total. The third kappa shape index (κ3) is 4.53. The molecule has 4 rings (SSSR count). The molecular formula is C23H26ClN3O4S. The van der Waals surface area contributed by atoms with Gasteiger partial charge in [-0.1, -0.05) is 23.7 Å². The highest BCUT2D eigenvalue weighted by molar-refractivity contribution is 7.89. The molecule has 2 aromatic rings. The number of halogens is 1. The summed E-state index contributed by atoms with van der Waals surface area (Å²) in [4.78, 5) is 26.9. The van der Waals surface area contributed by atoms with Crippen LogP contribution in [0.1, 0.15) is 30.9 Å². The van der Waals surface area contributed by atoms with Gasteiger partial charge in [0.25, 0.3) is 0 Å². The fourth-order valence-corrected chi connectivity index (χ4v) is 6.06. The number of carbonyl (C=O) groups excluding carboxylic acids is 2. The molecular weight excluding hydrogens is 450 g/mol. The Morgan fingerprint density at radius 3 is 2.44 bits per heavy atom. The first-order chi connectivity index (χ1) is 15.3. The first kappa shape index (κ1) is 22.8. The van der Waals surface area contributed by atoms with Gasteiger partial charge in [0.05, 0.1) is 4.90 Å². The molecule has 1 atom stereocenters. The maximum absolute atomic E-state index is 12.9. The number of nitrogens with zero attached hydrogens (tertiary/aromatic N) is 2. The number of hydrogen-bond donors (Lipinski definition) is 1. The second-order valence-corrected chi connectivity index (χ2v) is 10.6. The molecule has 2 heterocycles. The molecule has 0 aromatic heterocycles. The Labute approximate surface area is 193 Å². The summed E-state index contributed by atoms with van der Waals surface area (Å²) in [5.74, 6) is -0.508. The monoisotopic (exact) mass is 475 g/mol. The quantitative estimate of drug-likeness (QED) is 0.696. The van der Waals surface area contributed by atoms with E-state index in [9.17, 15) is 18.0 Å². The van der Waals surface area contributed by atoms with Gasteiger partial charge in [0.2, 0.25) is 21.8 Å². The van der Waals surface area contributed by atoms with Crippen LogP contribution in [0.25, 0.3) is 0 Å². The van der Waals surface area contributed by atoms with Crippen molar-refractivity contribution in [2.24, 2.45) is 0 Å². The van der Waals surface area contributed by atoms with Crippen molar-refractivity contribution in [3.05, 3.63) is 58.6 Å². The van der Waals surface area contributed by atoms with E-state index >= 15 is 0 Å². The van der Waals surface area contributed by atoms with Gasteiger partial charge in [-0.05, 0) is 60.7 Å². The second kappa shape index (κ2) is 9.21. The smallest absolute Gasteiger partial charge is 0.243 e. The molecule has 0 radical (unpaired) electrons. The summed E-state index contributed by atoms with van der Waals surface area (Å²) in [6.45, 7) is 2.89. The Bertz CT molecular complexity index is 1130. The third-order valence-electron chi connectivity index (χ3n) is 6.01. The summed E-state index contributed by atoms with van der Waals surface area (Å²) in [7, 11) is -3.56. The lowest BCUT2D eigenvalue weighted by Crippen LogP contribution is -2.47. The van der Waals surface area contributed by atoms with E-state index in [-0.39, 0.29) is 23.1 Å². The topological polar surface area (TPSA) is 86.8 Å². The normalized spacial score (nSPS) is 18.6. The Morgan fingerprint density at radius 1 is 1.09 bits per heavy atom. The number of fused-ring (bicyclic) bond motifs is 1. The average Bonchev–Trinajstić information content (AvgIpc) is 3.43. The largest absolute Gasteiger partial charge is 0.354 e. The minimum absolute atomic E-state index is 0.213. The van der Waals surface area contributed by atoms with E-state index in [1.165, 1.54) is 22.2 Å². The van der Waals surface area contributed by atoms with Crippen molar-refractivity contribution in [3.8, 4) is 0 Å². The van der Waals surface area contributed by atoms with E-state index in [0.717, 1.165) is 18.4 Å². The fourth-order valence-electron chi connectivity index (χ4n) is 4.36. The zero-order chi connectivity index (χ0) is 22.9. The lowest BCUT2D eigenvalue weighted by Gasteiger charge is -2.23. The summed E-state index contributed by atoms with van der Waals surface area (Å²) in [6.07, 6.45) is 2.65. The molecule has 2 aliphatic rings. The Hall–Kier alpha value is -2.42. The molecule has 2 amide bonds. The van der Waals surface area contributed by atoms with Gasteiger partial charge in [-0.15, -0.1) is 0 Å². The lowest BCUT2D eigenvalue weighted by atomic mass is 10.1. The van der Waals surface area contributed by atoms with Gasteiger partial charge in [-0.2, -0.15) is 4.31 Å². The van der Waals surface area contributed by atoms with Crippen LogP contribution in [0.2, 0.25) is 5.02 Å². The van der Waals surface area contributed by atoms with Gasteiger partial charge >= 0.3 is 0 Å². The van der Waals surface area contributed by atoms with Crippen molar-refractivity contribution in [2.45, 2.75) is 43.5 Å². The predicted octanol–water partition coefficient (Wildman–Crippen LogP) is 2.76. The van der Waals surface area contributed by atoms with Crippen LogP contribution in [0.5, 0.6) is 0 Å². The highest BCUT2D eigenvalue weighted by Gasteiger charge is 2.38. The molecule has 2 aliphatic heterocycles. The summed E-state index contributed by atoms with van der Waals surface area (Å²) in [5, 5.41) is 3.56. The molecule has 2 aromatic carbocycles. The number of sulfonamides is 1. The number of amides is 2. The summed E-state index contributed by atoms with van der Waals surface area (Å²) < 4.78 is 27.3. The van der Waals surface area contributed by atoms with Gasteiger partial charge in [0, 0.05) is 43.7 Å². The minimum atomic E-state index is -3.56. The van der Waals surface area contributed by atoms with Crippen LogP contribution in [0.15, 0.2) is 47.4 Å². The molecule has 32 heavy (non-hydrogen) atoms. The van der Waals surface area contributed by atoms with Crippen LogP contribution in [0.4, 0.5) is 5.69 Å². The van der Waals surface area contributed by atoms with E-state index in [1.54, 1.807) is 24.3 Å². The molecule has 0 saturated carbocycles. The molecule has 1 unspecified atom stereocenters. The van der Waals surface area contributed by atoms with Gasteiger partial charge in [0.1, 0.15) is 6.04 Å². The standard InChI is InChI=1S/C23H26ClN3O4S/c1-16(28)27-21-9-8-20(32(30,31)26-12-2-3-13-26)14-18(21)15-22(27)23(29)25-11-10-17-4-6-19(24)7-5-17/h4-9,14,22H,2-3,10-13,15H2,1H3,(H,25,29). The van der Waals surface area contributed by atoms with E-state index in [4.69, 9.17) is 11.6 Å². The zero-order valence-corrected chi connectivity index (χ0v) is 19.5. The first-order valence-electron chi connectivity index (χ1n) is 10.7. The SMILES string of the molecule is CC(=O)N1c2ccc(S(=O)(=O)N3CCCC3)cc2CC1C(=O)NCCc1ccc(Cl)cc1. The molecule has 0 spiro atoms. The van der Waals surface area contributed by atoms with Crippen molar-refractivity contribution in [2.75, 3.05) is 24.5 Å². The third-order valence-corrected chi connectivity index (χ3v) is 8.15. The van der Waals surface area contributed by atoms with Crippen molar-refractivity contribution in [1.82, 2.24) is 9.62 Å². The van der Waals surface area contributed by atoms with Crippen molar-refractivity contribution >= 4 is 39.1 Å². The molecule has 9 heteroatoms. The highest BCUT2D eigenvalue weighted by atomic mass is 35.5. The van der Waals surface area contributed by atoms with Crippen LogP contribution >= 0.6 is 11.6 Å². The summed E-state index contributed by atoms with van der Waals surface area (Å²) >= 11 is 5.90. The van der Waals surface area contributed by atoms with E-state index in [0.29, 0.717) is 42.3 Å².